The van der Waals surface area contributed by atoms with Gasteiger partial charge in [0.1, 0.15) is 5.82 Å². The molecule has 3 rings (SSSR count). The van der Waals surface area contributed by atoms with Gasteiger partial charge < -0.3 is 5.73 Å². The summed E-state index contributed by atoms with van der Waals surface area (Å²) >= 11 is 0. The number of hydrogen-bond donors (Lipinski definition) is 1. The van der Waals surface area contributed by atoms with E-state index in [-0.39, 0.29) is 5.41 Å². The van der Waals surface area contributed by atoms with Crippen LogP contribution in [0, 0.1) is 11.8 Å². The number of pyridine rings is 3. The first-order valence-electron chi connectivity index (χ1n) is 9.07. The van der Waals surface area contributed by atoms with Crippen molar-refractivity contribution >= 4 is 5.82 Å². The highest BCUT2D eigenvalue weighted by Gasteiger charge is 2.17. The summed E-state index contributed by atoms with van der Waals surface area (Å²) in [5, 5.41) is 0. The second kappa shape index (κ2) is 7.59. The normalized spacial score (nSPS) is 11.0. The van der Waals surface area contributed by atoms with E-state index < -0.39 is 0 Å². The largest absolute Gasteiger partial charge is 0.384 e. The van der Waals surface area contributed by atoms with Crippen LogP contribution in [0.15, 0.2) is 48.9 Å². The van der Waals surface area contributed by atoms with Crippen LogP contribution in [0.1, 0.15) is 50.2 Å². The summed E-state index contributed by atoms with van der Waals surface area (Å²) in [4.78, 5) is 13.2. The van der Waals surface area contributed by atoms with Crippen molar-refractivity contribution in [3.8, 4) is 23.0 Å². The number of anilines is 1. The van der Waals surface area contributed by atoms with Crippen molar-refractivity contribution in [1.82, 2.24) is 15.0 Å². The van der Waals surface area contributed by atoms with Crippen molar-refractivity contribution in [2.45, 2.75) is 39.5 Å². The van der Waals surface area contributed by atoms with Crippen molar-refractivity contribution in [2.75, 3.05) is 5.73 Å². The Labute approximate surface area is 160 Å². The average Bonchev–Trinajstić information content (AvgIpc) is 2.66. The Bertz CT molecular complexity index is 1000. The van der Waals surface area contributed by atoms with E-state index >= 15 is 0 Å². The lowest BCUT2D eigenvalue weighted by atomic mass is 9.89. The highest BCUT2D eigenvalue weighted by molar-refractivity contribution is 5.72. The fourth-order valence-corrected chi connectivity index (χ4v) is 2.78. The van der Waals surface area contributed by atoms with Gasteiger partial charge in [-0.15, -0.1) is 0 Å². The summed E-state index contributed by atoms with van der Waals surface area (Å²) in [5.41, 5.74) is 11.6. The summed E-state index contributed by atoms with van der Waals surface area (Å²) in [5.74, 6) is 6.99. The zero-order valence-corrected chi connectivity index (χ0v) is 16.2. The fourth-order valence-electron chi connectivity index (χ4n) is 2.78. The molecule has 0 saturated carbocycles. The monoisotopic (exact) mass is 356 g/mol. The van der Waals surface area contributed by atoms with Crippen molar-refractivity contribution in [2.24, 2.45) is 0 Å². The second-order valence-corrected chi connectivity index (χ2v) is 7.44. The van der Waals surface area contributed by atoms with Gasteiger partial charge in [-0.05, 0) is 42.3 Å². The molecule has 4 heteroatoms. The first-order chi connectivity index (χ1) is 12.9. The highest BCUT2D eigenvalue weighted by atomic mass is 14.8. The van der Waals surface area contributed by atoms with Gasteiger partial charge in [-0.3, -0.25) is 9.97 Å². The molecule has 27 heavy (non-hydrogen) atoms. The van der Waals surface area contributed by atoms with Crippen molar-refractivity contribution in [1.29, 1.82) is 0 Å². The molecule has 0 amide bonds. The lowest BCUT2D eigenvalue weighted by molar-refractivity contribution is 0.569. The molecule has 0 fully saturated rings. The molecule has 0 aliphatic heterocycles. The summed E-state index contributed by atoms with van der Waals surface area (Å²) in [6, 6.07) is 9.82. The first-order valence-corrected chi connectivity index (χ1v) is 9.07. The molecule has 0 saturated heterocycles. The third-order valence-electron chi connectivity index (χ3n) is 4.32. The molecule has 0 bridgehead atoms. The van der Waals surface area contributed by atoms with E-state index in [0.29, 0.717) is 5.82 Å². The summed E-state index contributed by atoms with van der Waals surface area (Å²) in [6.07, 6.45) is 6.22. The molecule has 0 radical (unpaired) electrons. The van der Waals surface area contributed by atoms with Crippen molar-refractivity contribution in [3.05, 3.63) is 71.4 Å². The summed E-state index contributed by atoms with van der Waals surface area (Å²) < 4.78 is 0. The van der Waals surface area contributed by atoms with Crippen LogP contribution in [0.2, 0.25) is 0 Å². The third-order valence-corrected chi connectivity index (χ3v) is 4.32. The fraction of sp³-hybridized carbons (Fsp3) is 0.261. The van der Waals surface area contributed by atoms with Gasteiger partial charge in [-0.25, -0.2) is 4.98 Å². The molecule has 0 aliphatic rings. The van der Waals surface area contributed by atoms with Gasteiger partial charge >= 0.3 is 0 Å². The summed E-state index contributed by atoms with van der Waals surface area (Å²) in [7, 11) is 0. The van der Waals surface area contributed by atoms with E-state index in [1.54, 1.807) is 12.3 Å². The molecule has 136 valence electrons. The second-order valence-electron chi connectivity index (χ2n) is 7.44. The van der Waals surface area contributed by atoms with Gasteiger partial charge in [0, 0.05) is 40.8 Å². The van der Waals surface area contributed by atoms with Crippen LogP contribution < -0.4 is 5.73 Å². The number of nitrogens with two attached hydrogens (primary N) is 1. The minimum atomic E-state index is -0.0158. The first kappa shape index (κ1) is 18.6. The number of hydrogen-bond acceptors (Lipinski definition) is 4. The minimum absolute atomic E-state index is 0.0158. The number of nitrogens with zero attached hydrogens (tertiary/aromatic N) is 3. The topological polar surface area (TPSA) is 64.7 Å². The van der Waals surface area contributed by atoms with Crippen molar-refractivity contribution in [3.63, 3.8) is 0 Å². The molecule has 0 unspecified atom stereocenters. The number of aromatic nitrogens is 3. The van der Waals surface area contributed by atoms with E-state index in [0.717, 1.165) is 40.1 Å². The zero-order valence-electron chi connectivity index (χ0n) is 16.2. The Kier molecular flexibility index (Phi) is 5.23. The van der Waals surface area contributed by atoms with Gasteiger partial charge in [0.05, 0.1) is 11.3 Å². The molecular weight excluding hydrogens is 332 g/mol. The maximum absolute atomic E-state index is 5.65. The molecule has 0 aliphatic carbocycles. The van der Waals surface area contributed by atoms with Crippen LogP contribution >= 0.6 is 0 Å². The standard InChI is InChI=1S/C23H24N4/c1-5-20-19(8-6-16-7-9-22(24)27-15-16)18(11-13-25-20)17-10-12-26-21(14-17)23(2,3)4/h7,9-15H,5H2,1-4H3,(H2,24,27). The smallest absolute Gasteiger partial charge is 0.123 e. The molecule has 2 N–H and O–H groups in total. The lowest BCUT2D eigenvalue weighted by Crippen LogP contribution is -2.13. The average molecular weight is 356 g/mol. The lowest BCUT2D eigenvalue weighted by Gasteiger charge is -2.18. The number of aryl methyl sites for hydroxylation is 1. The van der Waals surface area contributed by atoms with E-state index in [1.807, 2.05) is 30.6 Å². The number of rotatable bonds is 2. The molecule has 0 spiro atoms. The van der Waals surface area contributed by atoms with Gasteiger partial charge in [0.25, 0.3) is 0 Å². The Balaban J connectivity index is 2.12. The van der Waals surface area contributed by atoms with Gasteiger partial charge in [0.2, 0.25) is 0 Å². The van der Waals surface area contributed by atoms with Crippen molar-refractivity contribution < 1.29 is 0 Å². The van der Waals surface area contributed by atoms with Crippen LogP contribution in [0.3, 0.4) is 0 Å². The van der Waals surface area contributed by atoms with Gasteiger partial charge in [0.15, 0.2) is 0 Å². The Morgan fingerprint density at radius 2 is 1.74 bits per heavy atom. The third kappa shape index (κ3) is 4.32. The van der Waals surface area contributed by atoms with Crippen LogP contribution in [-0.4, -0.2) is 15.0 Å². The van der Waals surface area contributed by atoms with Crippen LogP contribution in [0.5, 0.6) is 0 Å². The SMILES string of the molecule is CCc1nccc(-c2ccnc(C(C)(C)C)c2)c1C#Cc1ccc(N)nc1. The summed E-state index contributed by atoms with van der Waals surface area (Å²) in [6.45, 7) is 8.59. The molecule has 3 heterocycles. The van der Waals surface area contributed by atoms with Crippen LogP contribution in [0.4, 0.5) is 5.82 Å². The quantitative estimate of drug-likeness (QED) is 0.692. The van der Waals surface area contributed by atoms with E-state index in [4.69, 9.17) is 5.73 Å². The number of nitrogen functional groups attached to an aromatic ring is 1. The Morgan fingerprint density at radius 3 is 2.41 bits per heavy atom. The van der Waals surface area contributed by atoms with Crippen LogP contribution in [-0.2, 0) is 11.8 Å². The Hall–Kier alpha value is -3.19. The zero-order chi connectivity index (χ0) is 19.4. The van der Waals surface area contributed by atoms with Gasteiger partial charge in [-0.2, -0.15) is 0 Å². The predicted molar refractivity (Wildman–Crippen MR) is 110 cm³/mol. The molecule has 3 aromatic rings. The van der Waals surface area contributed by atoms with Crippen LogP contribution in [0.25, 0.3) is 11.1 Å². The van der Waals surface area contributed by atoms with E-state index in [9.17, 15) is 0 Å². The Morgan fingerprint density at radius 1 is 0.963 bits per heavy atom. The highest BCUT2D eigenvalue weighted by Crippen LogP contribution is 2.29. The molecule has 4 nitrogen and oxygen atoms in total. The molecule has 3 aromatic heterocycles. The van der Waals surface area contributed by atoms with E-state index in [1.165, 1.54) is 0 Å². The molecule has 0 atom stereocenters. The van der Waals surface area contributed by atoms with E-state index in [2.05, 4.69) is 60.6 Å². The minimum Gasteiger partial charge on any atom is -0.384 e. The molecule has 0 aromatic carbocycles. The van der Waals surface area contributed by atoms with Gasteiger partial charge in [-0.1, -0.05) is 39.5 Å². The maximum Gasteiger partial charge on any atom is 0.123 e. The maximum atomic E-state index is 5.65. The predicted octanol–water partition coefficient (Wildman–Crippen LogP) is 4.38. The molecular formula is C23H24N4.